The van der Waals surface area contributed by atoms with E-state index in [4.69, 9.17) is 4.98 Å². The predicted molar refractivity (Wildman–Crippen MR) is 121 cm³/mol. The molecule has 1 N–H and O–H groups in total. The van der Waals surface area contributed by atoms with E-state index in [9.17, 15) is 4.79 Å². The van der Waals surface area contributed by atoms with Crippen LogP contribution in [0.1, 0.15) is 35.4 Å². The van der Waals surface area contributed by atoms with E-state index in [1.165, 1.54) is 5.56 Å². The van der Waals surface area contributed by atoms with Crippen LogP contribution in [0, 0.1) is 13.8 Å². The SMILES string of the molecule is Cc1ccc(C)c(NC(=O)CCCc2nc3cccnc3n2Cc2ccccc2)c1. The van der Waals surface area contributed by atoms with Crippen LogP contribution in [0.25, 0.3) is 11.2 Å². The summed E-state index contributed by atoms with van der Waals surface area (Å²) in [4.78, 5) is 21.8. The lowest BCUT2D eigenvalue weighted by Gasteiger charge is -2.10. The van der Waals surface area contributed by atoms with Gasteiger partial charge in [0.15, 0.2) is 5.65 Å². The average molecular weight is 399 g/mol. The van der Waals surface area contributed by atoms with Crippen LogP contribution in [0.5, 0.6) is 0 Å². The summed E-state index contributed by atoms with van der Waals surface area (Å²) in [7, 11) is 0. The van der Waals surface area contributed by atoms with Crippen molar-refractivity contribution in [2.24, 2.45) is 0 Å². The Morgan fingerprint density at radius 1 is 1.03 bits per heavy atom. The summed E-state index contributed by atoms with van der Waals surface area (Å²) in [5.41, 5.74) is 6.08. The number of rotatable bonds is 7. The molecule has 30 heavy (non-hydrogen) atoms. The van der Waals surface area contributed by atoms with Crippen LogP contribution < -0.4 is 5.32 Å². The number of anilines is 1. The first kappa shape index (κ1) is 19.8. The number of aryl methyl sites for hydroxylation is 3. The molecule has 0 saturated heterocycles. The van der Waals surface area contributed by atoms with Crippen LogP contribution in [-0.4, -0.2) is 20.4 Å². The van der Waals surface area contributed by atoms with Crippen molar-refractivity contribution in [3.63, 3.8) is 0 Å². The number of imidazole rings is 1. The van der Waals surface area contributed by atoms with E-state index in [1.807, 2.05) is 56.3 Å². The van der Waals surface area contributed by atoms with E-state index in [-0.39, 0.29) is 5.91 Å². The van der Waals surface area contributed by atoms with Crippen molar-refractivity contribution in [2.75, 3.05) is 5.32 Å². The molecule has 0 aliphatic carbocycles. The van der Waals surface area contributed by atoms with Gasteiger partial charge in [0.1, 0.15) is 11.3 Å². The molecule has 2 aromatic heterocycles. The summed E-state index contributed by atoms with van der Waals surface area (Å²) < 4.78 is 2.16. The second-order valence-electron chi connectivity index (χ2n) is 7.67. The Morgan fingerprint density at radius 3 is 2.70 bits per heavy atom. The van der Waals surface area contributed by atoms with Gasteiger partial charge >= 0.3 is 0 Å². The number of pyridine rings is 1. The lowest BCUT2D eigenvalue weighted by Crippen LogP contribution is -2.13. The van der Waals surface area contributed by atoms with Crippen molar-refractivity contribution in [3.8, 4) is 0 Å². The van der Waals surface area contributed by atoms with E-state index < -0.39 is 0 Å². The van der Waals surface area contributed by atoms with Crippen LogP contribution in [0.3, 0.4) is 0 Å². The van der Waals surface area contributed by atoms with Crippen molar-refractivity contribution in [3.05, 3.63) is 89.4 Å². The van der Waals surface area contributed by atoms with E-state index in [1.54, 1.807) is 6.20 Å². The topological polar surface area (TPSA) is 59.8 Å². The molecule has 5 nitrogen and oxygen atoms in total. The number of nitrogens with one attached hydrogen (secondary N) is 1. The third-order valence-electron chi connectivity index (χ3n) is 5.24. The third-order valence-corrected chi connectivity index (χ3v) is 5.24. The summed E-state index contributed by atoms with van der Waals surface area (Å²) in [6.07, 6.45) is 3.71. The Morgan fingerprint density at radius 2 is 1.87 bits per heavy atom. The summed E-state index contributed by atoms with van der Waals surface area (Å²) in [5.74, 6) is 1.000. The van der Waals surface area contributed by atoms with Crippen LogP contribution in [0.2, 0.25) is 0 Å². The van der Waals surface area contributed by atoms with E-state index >= 15 is 0 Å². The van der Waals surface area contributed by atoms with Crippen molar-refractivity contribution in [1.82, 2.24) is 14.5 Å². The molecule has 1 amide bonds. The highest BCUT2D eigenvalue weighted by atomic mass is 16.1. The van der Waals surface area contributed by atoms with Gasteiger partial charge < -0.3 is 9.88 Å². The number of hydrogen-bond acceptors (Lipinski definition) is 3. The van der Waals surface area contributed by atoms with Gasteiger partial charge in [-0.3, -0.25) is 4.79 Å². The highest BCUT2D eigenvalue weighted by Crippen LogP contribution is 2.19. The molecule has 0 radical (unpaired) electrons. The zero-order valence-corrected chi connectivity index (χ0v) is 17.4. The quantitative estimate of drug-likeness (QED) is 0.473. The highest BCUT2D eigenvalue weighted by molar-refractivity contribution is 5.91. The third kappa shape index (κ3) is 4.57. The standard InChI is InChI=1S/C25H26N4O/c1-18-13-14-19(2)22(16-18)28-24(30)12-6-11-23-27-21-10-7-15-26-25(21)29(23)17-20-8-4-3-5-9-20/h3-5,7-10,13-16H,6,11-12,17H2,1-2H3,(H,28,30). The number of fused-ring (bicyclic) bond motifs is 1. The molecule has 5 heteroatoms. The second-order valence-corrected chi connectivity index (χ2v) is 7.67. The predicted octanol–water partition coefficient (Wildman–Crippen LogP) is 5.06. The Hall–Kier alpha value is -3.47. The fourth-order valence-electron chi connectivity index (χ4n) is 3.62. The number of carbonyl (C=O) groups is 1. The summed E-state index contributed by atoms with van der Waals surface area (Å²) >= 11 is 0. The molecule has 2 aromatic carbocycles. The van der Waals surface area contributed by atoms with Crippen LogP contribution >= 0.6 is 0 Å². The van der Waals surface area contributed by atoms with Gasteiger partial charge in [0.05, 0.1) is 6.54 Å². The number of hydrogen-bond donors (Lipinski definition) is 1. The number of carbonyl (C=O) groups excluding carboxylic acids is 1. The Kier molecular flexibility index (Phi) is 5.89. The van der Waals surface area contributed by atoms with Gasteiger partial charge in [-0.2, -0.15) is 0 Å². The molecular weight excluding hydrogens is 372 g/mol. The molecule has 0 unspecified atom stereocenters. The monoisotopic (exact) mass is 398 g/mol. The van der Waals surface area contributed by atoms with Gasteiger partial charge in [-0.05, 0) is 55.2 Å². The average Bonchev–Trinajstić information content (AvgIpc) is 3.09. The first-order valence-corrected chi connectivity index (χ1v) is 10.3. The minimum Gasteiger partial charge on any atom is -0.326 e. The number of amides is 1. The lowest BCUT2D eigenvalue weighted by molar-refractivity contribution is -0.116. The zero-order valence-electron chi connectivity index (χ0n) is 17.4. The minimum atomic E-state index is 0.0348. The van der Waals surface area contributed by atoms with Crippen molar-refractivity contribution >= 4 is 22.8 Å². The van der Waals surface area contributed by atoms with Crippen LogP contribution in [-0.2, 0) is 17.8 Å². The molecule has 0 atom stereocenters. The summed E-state index contributed by atoms with van der Waals surface area (Å²) in [6.45, 7) is 4.76. The minimum absolute atomic E-state index is 0.0348. The molecule has 0 bridgehead atoms. The zero-order chi connectivity index (χ0) is 20.9. The van der Waals surface area contributed by atoms with Gasteiger partial charge in [0.25, 0.3) is 0 Å². The molecule has 4 aromatic rings. The van der Waals surface area contributed by atoms with Crippen molar-refractivity contribution < 1.29 is 4.79 Å². The van der Waals surface area contributed by atoms with Crippen molar-refractivity contribution in [1.29, 1.82) is 0 Å². The maximum Gasteiger partial charge on any atom is 0.224 e. The van der Waals surface area contributed by atoms with Gasteiger partial charge in [-0.15, -0.1) is 0 Å². The Bertz CT molecular complexity index is 1160. The first-order chi connectivity index (χ1) is 14.6. The van der Waals surface area contributed by atoms with Crippen LogP contribution in [0.4, 0.5) is 5.69 Å². The first-order valence-electron chi connectivity index (χ1n) is 10.3. The molecule has 0 fully saturated rings. The van der Waals surface area contributed by atoms with E-state index in [2.05, 4.69) is 33.1 Å². The van der Waals surface area contributed by atoms with Gasteiger partial charge in [-0.25, -0.2) is 9.97 Å². The molecule has 0 aliphatic heterocycles. The maximum absolute atomic E-state index is 12.5. The molecule has 152 valence electrons. The fraction of sp³-hybridized carbons (Fsp3) is 0.240. The second kappa shape index (κ2) is 8.91. The normalized spacial score (nSPS) is 11.0. The molecule has 0 spiro atoms. The van der Waals surface area contributed by atoms with Gasteiger partial charge in [0, 0.05) is 24.7 Å². The van der Waals surface area contributed by atoms with Gasteiger partial charge in [-0.1, -0.05) is 42.5 Å². The largest absolute Gasteiger partial charge is 0.326 e. The summed E-state index contributed by atoms with van der Waals surface area (Å²) in [5, 5.41) is 3.04. The summed E-state index contributed by atoms with van der Waals surface area (Å²) in [6, 6.07) is 20.3. The molecule has 4 rings (SSSR count). The fourth-order valence-corrected chi connectivity index (χ4v) is 3.62. The lowest BCUT2D eigenvalue weighted by atomic mass is 10.1. The molecular formula is C25H26N4O. The molecule has 2 heterocycles. The number of nitrogens with zero attached hydrogens (tertiary/aromatic N) is 3. The number of benzene rings is 2. The number of aromatic nitrogens is 3. The highest BCUT2D eigenvalue weighted by Gasteiger charge is 2.13. The van der Waals surface area contributed by atoms with E-state index in [0.29, 0.717) is 6.42 Å². The van der Waals surface area contributed by atoms with Crippen LogP contribution in [0.15, 0.2) is 66.9 Å². The molecule has 0 aliphatic rings. The molecule has 0 saturated carbocycles. The van der Waals surface area contributed by atoms with E-state index in [0.717, 1.165) is 53.2 Å². The van der Waals surface area contributed by atoms with Gasteiger partial charge in [0.2, 0.25) is 5.91 Å². The Balaban J connectivity index is 1.45. The Labute approximate surface area is 176 Å². The van der Waals surface area contributed by atoms with Crippen molar-refractivity contribution in [2.45, 2.75) is 39.7 Å². The maximum atomic E-state index is 12.5. The smallest absolute Gasteiger partial charge is 0.224 e.